The highest BCUT2D eigenvalue weighted by Crippen LogP contribution is 2.12. The first kappa shape index (κ1) is 21.5. The zero-order chi connectivity index (χ0) is 21.1. The van der Waals surface area contributed by atoms with E-state index in [1.165, 1.54) is 6.20 Å². The number of nitriles is 1. The third-order valence-corrected chi connectivity index (χ3v) is 3.98. The summed E-state index contributed by atoms with van der Waals surface area (Å²) in [6.45, 7) is 2.59. The second-order valence-corrected chi connectivity index (χ2v) is 5.97. The highest BCUT2D eigenvalue weighted by atomic mass is 16.5. The molecule has 7 nitrogen and oxygen atoms in total. The van der Waals surface area contributed by atoms with Crippen molar-refractivity contribution in [2.75, 3.05) is 25.6 Å². The molecule has 0 aliphatic heterocycles. The summed E-state index contributed by atoms with van der Waals surface area (Å²) in [6, 6.07) is 15.8. The number of nitrogens with one attached hydrogen (secondary N) is 2. The zero-order valence-electron chi connectivity index (χ0n) is 16.4. The molecule has 2 aromatic rings. The van der Waals surface area contributed by atoms with E-state index in [2.05, 4.69) is 10.6 Å². The van der Waals surface area contributed by atoms with Crippen molar-refractivity contribution in [1.29, 1.82) is 5.26 Å². The van der Waals surface area contributed by atoms with Gasteiger partial charge in [-0.25, -0.2) is 4.79 Å². The SMILES string of the molecule is CCOC(=O)c1ccc(NC(=O)/C(C#N)=C\NCCc2ccc(OC)cc2)cc1. The van der Waals surface area contributed by atoms with Crippen LogP contribution in [0.25, 0.3) is 0 Å². The number of rotatable bonds is 9. The molecule has 0 atom stereocenters. The quantitative estimate of drug-likeness (QED) is 0.294. The molecule has 0 aliphatic carbocycles. The molecule has 0 saturated heterocycles. The lowest BCUT2D eigenvalue weighted by Gasteiger charge is -2.07. The van der Waals surface area contributed by atoms with Crippen LogP contribution in [-0.4, -0.2) is 32.1 Å². The fourth-order valence-electron chi connectivity index (χ4n) is 2.43. The number of esters is 1. The Hall–Kier alpha value is -3.79. The Balaban J connectivity index is 1.87. The summed E-state index contributed by atoms with van der Waals surface area (Å²) in [6.07, 6.45) is 2.13. The van der Waals surface area contributed by atoms with Crippen molar-refractivity contribution >= 4 is 17.6 Å². The van der Waals surface area contributed by atoms with Gasteiger partial charge in [0.1, 0.15) is 17.4 Å². The Morgan fingerprint density at radius 2 is 1.79 bits per heavy atom. The third-order valence-electron chi connectivity index (χ3n) is 3.98. The topological polar surface area (TPSA) is 100 Å². The minimum Gasteiger partial charge on any atom is -0.497 e. The molecule has 1 amide bonds. The molecule has 0 radical (unpaired) electrons. The number of benzene rings is 2. The number of hydrogen-bond acceptors (Lipinski definition) is 6. The predicted octanol–water partition coefficient (Wildman–Crippen LogP) is 3.05. The highest BCUT2D eigenvalue weighted by molar-refractivity contribution is 6.06. The largest absolute Gasteiger partial charge is 0.497 e. The Morgan fingerprint density at radius 3 is 2.38 bits per heavy atom. The maximum absolute atomic E-state index is 12.3. The average molecular weight is 393 g/mol. The lowest BCUT2D eigenvalue weighted by Crippen LogP contribution is -2.18. The molecule has 0 fully saturated rings. The van der Waals surface area contributed by atoms with Crippen LogP contribution in [0.2, 0.25) is 0 Å². The number of ether oxygens (including phenoxy) is 2. The molecule has 0 saturated carbocycles. The second-order valence-electron chi connectivity index (χ2n) is 5.97. The zero-order valence-corrected chi connectivity index (χ0v) is 16.4. The third kappa shape index (κ3) is 6.70. The fraction of sp³-hybridized carbons (Fsp3) is 0.227. The van der Waals surface area contributed by atoms with E-state index in [1.54, 1.807) is 38.3 Å². The first-order valence-electron chi connectivity index (χ1n) is 9.12. The molecule has 29 heavy (non-hydrogen) atoms. The molecule has 0 spiro atoms. The van der Waals surface area contributed by atoms with E-state index in [9.17, 15) is 14.9 Å². The average Bonchev–Trinajstić information content (AvgIpc) is 2.74. The predicted molar refractivity (Wildman–Crippen MR) is 109 cm³/mol. The van der Waals surface area contributed by atoms with Gasteiger partial charge in [-0.1, -0.05) is 12.1 Å². The van der Waals surface area contributed by atoms with Gasteiger partial charge in [0.15, 0.2) is 0 Å². The first-order chi connectivity index (χ1) is 14.1. The van der Waals surface area contributed by atoms with Crippen LogP contribution in [0.3, 0.4) is 0 Å². The van der Waals surface area contributed by atoms with Gasteiger partial charge in [0.25, 0.3) is 5.91 Å². The molecule has 7 heteroatoms. The van der Waals surface area contributed by atoms with E-state index >= 15 is 0 Å². The monoisotopic (exact) mass is 393 g/mol. The van der Waals surface area contributed by atoms with Crippen LogP contribution >= 0.6 is 0 Å². The van der Waals surface area contributed by atoms with Crippen molar-refractivity contribution < 1.29 is 19.1 Å². The first-order valence-corrected chi connectivity index (χ1v) is 9.12. The summed E-state index contributed by atoms with van der Waals surface area (Å²) in [5, 5.41) is 14.8. The molecular formula is C22H23N3O4. The lowest BCUT2D eigenvalue weighted by molar-refractivity contribution is -0.112. The van der Waals surface area contributed by atoms with Gasteiger partial charge in [0.05, 0.1) is 19.3 Å². The number of hydrogen-bond donors (Lipinski definition) is 2. The van der Waals surface area contributed by atoms with Gasteiger partial charge in [-0.15, -0.1) is 0 Å². The van der Waals surface area contributed by atoms with Crippen molar-refractivity contribution in [1.82, 2.24) is 5.32 Å². The molecule has 0 aromatic heterocycles. The normalized spacial score (nSPS) is 10.6. The molecule has 0 aliphatic rings. The minimum atomic E-state index is -0.534. The van der Waals surface area contributed by atoms with Crippen LogP contribution in [0.1, 0.15) is 22.8 Å². The summed E-state index contributed by atoms with van der Waals surface area (Å²) in [5.74, 6) is -0.169. The molecule has 0 bridgehead atoms. The van der Waals surface area contributed by atoms with Crippen LogP contribution in [0.4, 0.5) is 5.69 Å². The van der Waals surface area contributed by atoms with E-state index in [-0.39, 0.29) is 5.57 Å². The van der Waals surface area contributed by atoms with E-state index < -0.39 is 11.9 Å². The van der Waals surface area contributed by atoms with Gasteiger partial charge in [0, 0.05) is 18.4 Å². The van der Waals surface area contributed by atoms with E-state index in [0.717, 1.165) is 17.7 Å². The molecule has 2 rings (SSSR count). The summed E-state index contributed by atoms with van der Waals surface area (Å²) in [4.78, 5) is 23.9. The van der Waals surface area contributed by atoms with Gasteiger partial charge in [-0.2, -0.15) is 5.26 Å². The van der Waals surface area contributed by atoms with Gasteiger partial charge in [-0.3, -0.25) is 4.79 Å². The number of amides is 1. The van der Waals surface area contributed by atoms with Crippen molar-refractivity contribution in [3.63, 3.8) is 0 Å². The lowest BCUT2D eigenvalue weighted by atomic mass is 10.1. The molecule has 2 N–H and O–H groups in total. The maximum Gasteiger partial charge on any atom is 0.338 e. The Labute approximate surface area is 169 Å². The molecule has 0 unspecified atom stereocenters. The Kier molecular flexibility index (Phi) is 8.27. The van der Waals surface area contributed by atoms with Crippen LogP contribution in [0.5, 0.6) is 5.75 Å². The van der Waals surface area contributed by atoms with E-state index in [0.29, 0.717) is 24.4 Å². The standard InChI is InChI=1S/C22H23N3O4/c1-3-29-22(27)17-6-8-19(9-7-17)25-21(26)18(14-23)15-24-13-12-16-4-10-20(28-2)11-5-16/h4-11,15,24H,3,12-13H2,1-2H3,(H,25,26)/b18-15-. The van der Waals surface area contributed by atoms with Crippen LogP contribution in [-0.2, 0) is 16.0 Å². The number of nitrogens with zero attached hydrogens (tertiary/aromatic N) is 1. The van der Waals surface area contributed by atoms with Crippen LogP contribution in [0, 0.1) is 11.3 Å². The number of anilines is 1. The van der Waals surface area contributed by atoms with Gasteiger partial charge in [0.2, 0.25) is 0 Å². The number of carbonyl (C=O) groups excluding carboxylic acids is 2. The van der Waals surface area contributed by atoms with Crippen molar-refractivity contribution in [3.05, 3.63) is 71.4 Å². The smallest absolute Gasteiger partial charge is 0.338 e. The summed E-state index contributed by atoms with van der Waals surface area (Å²) < 4.78 is 10.0. The van der Waals surface area contributed by atoms with E-state index in [1.807, 2.05) is 30.3 Å². The van der Waals surface area contributed by atoms with Crippen LogP contribution < -0.4 is 15.4 Å². The van der Waals surface area contributed by atoms with Crippen molar-refractivity contribution in [2.45, 2.75) is 13.3 Å². The van der Waals surface area contributed by atoms with E-state index in [4.69, 9.17) is 9.47 Å². The number of methoxy groups -OCH3 is 1. The van der Waals surface area contributed by atoms with Crippen LogP contribution in [0.15, 0.2) is 60.3 Å². The minimum absolute atomic E-state index is 0.0470. The molecule has 2 aromatic carbocycles. The van der Waals surface area contributed by atoms with Gasteiger partial charge < -0.3 is 20.1 Å². The van der Waals surface area contributed by atoms with Crippen molar-refractivity contribution in [2.24, 2.45) is 0 Å². The summed E-state index contributed by atoms with van der Waals surface area (Å²) in [5.41, 5.74) is 1.93. The Morgan fingerprint density at radius 1 is 1.10 bits per heavy atom. The Bertz CT molecular complexity index is 897. The summed E-state index contributed by atoms with van der Waals surface area (Å²) >= 11 is 0. The molecule has 150 valence electrons. The fourth-order valence-corrected chi connectivity index (χ4v) is 2.43. The summed E-state index contributed by atoms with van der Waals surface area (Å²) in [7, 11) is 1.62. The highest BCUT2D eigenvalue weighted by Gasteiger charge is 2.10. The van der Waals surface area contributed by atoms with Crippen molar-refractivity contribution in [3.8, 4) is 11.8 Å². The second kappa shape index (κ2) is 11.1. The maximum atomic E-state index is 12.3. The number of carbonyl (C=O) groups is 2. The van der Waals surface area contributed by atoms with Gasteiger partial charge in [-0.05, 0) is 55.3 Å². The molecule has 0 heterocycles. The molecular weight excluding hydrogens is 370 g/mol. The van der Waals surface area contributed by atoms with Gasteiger partial charge >= 0.3 is 5.97 Å².